The van der Waals surface area contributed by atoms with Crippen LogP contribution in [0.3, 0.4) is 0 Å². The number of esters is 2. The Morgan fingerprint density at radius 2 is 1.57 bits per heavy atom. The van der Waals surface area contributed by atoms with Crippen LogP contribution in [0.4, 0.5) is 26.3 Å². The lowest BCUT2D eigenvalue weighted by atomic mass is 10.3. The molecule has 13 heteroatoms. The molecule has 2 N–H and O–H groups in total. The molecule has 1 aromatic rings. The summed E-state index contributed by atoms with van der Waals surface area (Å²) in [4.78, 5) is 24.7. The van der Waals surface area contributed by atoms with Crippen LogP contribution >= 0.6 is 0 Å². The van der Waals surface area contributed by atoms with Crippen LogP contribution in [-0.2, 0) is 23.1 Å². The molecule has 0 unspecified atom stereocenters. The fourth-order valence-electron chi connectivity index (χ4n) is 1.36. The van der Waals surface area contributed by atoms with Gasteiger partial charge in [0, 0.05) is 13.5 Å². The second-order valence-electron chi connectivity index (χ2n) is 4.02. The van der Waals surface area contributed by atoms with Gasteiger partial charge in [0.05, 0.1) is 5.69 Å². The maximum Gasteiger partial charge on any atom is 0.491 e. The van der Waals surface area contributed by atoms with E-state index in [1.165, 1.54) is 0 Å². The average molecular weight is 349 g/mol. The Hall–Kier alpha value is -2.31. The lowest BCUT2D eigenvalue weighted by Gasteiger charge is -2.07. The second kappa shape index (κ2) is 6.44. The number of carbonyl (C=O) groups is 2. The van der Waals surface area contributed by atoms with Crippen molar-refractivity contribution in [3.8, 4) is 11.9 Å². The summed E-state index contributed by atoms with van der Waals surface area (Å²) in [6, 6.07) is -0.999. The van der Waals surface area contributed by atoms with Crippen molar-refractivity contribution < 1.29 is 45.4 Å². The Morgan fingerprint density at radius 3 is 2.00 bits per heavy atom. The molecule has 0 aliphatic heterocycles. The highest BCUT2D eigenvalue weighted by atomic mass is 19.4. The van der Waals surface area contributed by atoms with Gasteiger partial charge < -0.3 is 15.2 Å². The molecule has 1 heterocycles. The van der Waals surface area contributed by atoms with Gasteiger partial charge in [-0.15, -0.1) is 0 Å². The maximum absolute atomic E-state index is 12.2. The number of nitrogens with two attached hydrogens (primary N) is 1. The van der Waals surface area contributed by atoms with Gasteiger partial charge in [0.15, 0.2) is 0 Å². The number of imidazole rings is 1. The third-order valence-corrected chi connectivity index (χ3v) is 2.35. The Labute approximate surface area is 124 Å². The van der Waals surface area contributed by atoms with Crippen LogP contribution in [0.2, 0.25) is 0 Å². The molecule has 7 nitrogen and oxygen atoms in total. The highest BCUT2D eigenvalue weighted by Gasteiger charge is 2.44. The molecule has 0 fully saturated rings. The van der Waals surface area contributed by atoms with Crippen LogP contribution in [0.1, 0.15) is 5.69 Å². The Balaban J connectivity index is 3.14. The van der Waals surface area contributed by atoms with Crippen molar-refractivity contribution in [1.29, 1.82) is 0 Å². The highest BCUT2D eigenvalue weighted by Crippen LogP contribution is 2.28. The van der Waals surface area contributed by atoms with Gasteiger partial charge in [0.25, 0.3) is 0 Å². The van der Waals surface area contributed by atoms with Crippen molar-refractivity contribution in [2.75, 3.05) is 6.54 Å². The first-order chi connectivity index (χ1) is 10.4. The molecule has 0 bridgehead atoms. The molecule has 130 valence electrons. The summed E-state index contributed by atoms with van der Waals surface area (Å²) >= 11 is 0. The molecule has 0 atom stereocenters. The quantitative estimate of drug-likeness (QED) is 0.640. The molecule has 0 radical (unpaired) electrons. The van der Waals surface area contributed by atoms with Crippen molar-refractivity contribution in [1.82, 2.24) is 9.55 Å². The van der Waals surface area contributed by atoms with Crippen LogP contribution < -0.4 is 15.2 Å². The molecule has 0 aromatic carbocycles. The minimum absolute atomic E-state index is 0.150. The van der Waals surface area contributed by atoms with Crippen LogP contribution in [-0.4, -0.2) is 40.4 Å². The number of hydrogen-bond donors (Lipinski definition) is 1. The van der Waals surface area contributed by atoms with Gasteiger partial charge >= 0.3 is 30.3 Å². The number of hydrogen-bond acceptors (Lipinski definition) is 6. The first-order valence-electron chi connectivity index (χ1n) is 5.71. The molecule has 0 aliphatic rings. The molecule has 0 saturated carbocycles. The number of rotatable bonds is 4. The van der Waals surface area contributed by atoms with Crippen LogP contribution in [0.5, 0.6) is 11.9 Å². The SMILES string of the molecule is Cn1c(OC(=O)C(F)(F)F)nc(OC(=O)C(F)(F)F)c1CCN. The van der Waals surface area contributed by atoms with E-state index in [9.17, 15) is 35.9 Å². The molecule has 1 rings (SSSR count). The zero-order chi connectivity index (χ0) is 18.0. The normalized spacial score (nSPS) is 12.2. The summed E-state index contributed by atoms with van der Waals surface area (Å²) < 4.78 is 81.4. The summed E-state index contributed by atoms with van der Waals surface area (Å²) in [5.74, 6) is -6.23. The molecule has 0 saturated heterocycles. The predicted octanol–water partition coefficient (Wildman–Crippen LogP) is 0.857. The van der Waals surface area contributed by atoms with E-state index in [0.29, 0.717) is 0 Å². The first-order valence-corrected chi connectivity index (χ1v) is 5.71. The third kappa shape index (κ3) is 4.58. The van der Waals surface area contributed by atoms with Crippen molar-refractivity contribution in [2.24, 2.45) is 12.8 Å². The van der Waals surface area contributed by atoms with E-state index in [1.54, 1.807) is 0 Å². The second-order valence-corrected chi connectivity index (χ2v) is 4.02. The predicted molar refractivity (Wildman–Crippen MR) is 59.3 cm³/mol. The van der Waals surface area contributed by atoms with Gasteiger partial charge in [-0.3, -0.25) is 4.57 Å². The van der Waals surface area contributed by atoms with Crippen LogP contribution in [0.25, 0.3) is 0 Å². The monoisotopic (exact) mass is 349 g/mol. The van der Waals surface area contributed by atoms with Gasteiger partial charge in [0.2, 0.25) is 5.88 Å². The van der Waals surface area contributed by atoms with Crippen LogP contribution in [0, 0.1) is 0 Å². The zero-order valence-corrected chi connectivity index (χ0v) is 11.3. The maximum atomic E-state index is 12.2. The standard InChI is InChI=1S/C10H9F6N3O4/c1-19-4(2-3-17)5(22-6(20)9(11,12)13)18-8(19)23-7(21)10(14,15)16/h2-3,17H2,1H3. The largest absolute Gasteiger partial charge is 0.491 e. The van der Waals surface area contributed by atoms with Crippen molar-refractivity contribution >= 4 is 11.9 Å². The third-order valence-electron chi connectivity index (χ3n) is 2.35. The lowest BCUT2D eigenvalue weighted by Crippen LogP contribution is -2.29. The molecule has 23 heavy (non-hydrogen) atoms. The summed E-state index contributed by atoms with van der Waals surface area (Å²) in [5.41, 5.74) is 4.95. The lowest BCUT2D eigenvalue weighted by molar-refractivity contribution is -0.190. The number of ether oxygens (including phenoxy) is 2. The Kier molecular flexibility index (Phi) is 5.24. The summed E-state index contributed by atoms with van der Waals surface area (Å²) in [7, 11) is 1.04. The minimum Gasteiger partial charge on any atom is -0.399 e. The van der Waals surface area contributed by atoms with E-state index in [1.807, 2.05) is 0 Å². The molecule has 0 aliphatic carbocycles. The number of nitrogens with zero attached hydrogens (tertiary/aromatic N) is 2. The summed E-state index contributed by atoms with van der Waals surface area (Å²) in [5, 5.41) is 0. The zero-order valence-electron chi connectivity index (χ0n) is 11.3. The number of aromatic nitrogens is 2. The Morgan fingerprint density at radius 1 is 1.09 bits per heavy atom. The van der Waals surface area contributed by atoms with E-state index < -0.39 is 36.2 Å². The number of carbonyl (C=O) groups excluding carboxylic acids is 2. The topological polar surface area (TPSA) is 96.4 Å². The van der Waals surface area contributed by atoms with Crippen molar-refractivity contribution in [2.45, 2.75) is 18.8 Å². The first kappa shape index (κ1) is 18.7. The van der Waals surface area contributed by atoms with Gasteiger partial charge in [-0.25, -0.2) is 9.59 Å². The van der Waals surface area contributed by atoms with Gasteiger partial charge in [-0.2, -0.15) is 31.3 Å². The molecule has 1 aromatic heterocycles. The molecular formula is C10H9F6N3O4. The average Bonchev–Trinajstić information content (AvgIpc) is 2.66. The van der Waals surface area contributed by atoms with Gasteiger partial charge in [0.1, 0.15) is 0 Å². The fourth-order valence-corrected chi connectivity index (χ4v) is 1.36. The smallest absolute Gasteiger partial charge is 0.399 e. The molecular weight excluding hydrogens is 340 g/mol. The molecule has 0 amide bonds. The van der Waals surface area contributed by atoms with Gasteiger partial charge in [-0.05, 0) is 6.54 Å². The summed E-state index contributed by atoms with van der Waals surface area (Å²) in [6.45, 7) is -0.150. The van der Waals surface area contributed by atoms with Gasteiger partial charge in [-0.1, -0.05) is 0 Å². The minimum atomic E-state index is -5.35. The van der Waals surface area contributed by atoms with E-state index in [0.717, 1.165) is 11.6 Å². The Bertz CT molecular complexity index is 607. The highest BCUT2D eigenvalue weighted by molar-refractivity contribution is 5.79. The summed E-state index contributed by atoms with van der Waals surface area (Å²) in [6.07, 6.45) is -10.9. The van der Waals surface area contributed by atoms with Crippen molar-refractivity contribution in [3.63, 3.8) is 0 Å². The van der Waals surface area contributed by atoms with Crippen LogP contribution in [0.15, 0.2) is 0 Å². The molecule has 0 spiro atoms. The fraction of sp³-hybridized carbons (Fsp3) is 0.500. The van der Waals surface area contributed by atoms with E-state index in [4.69, 9.17) is 5.73 Å². The van der Waals surface area contributed by atoms with E-state index in [-0.39, 0.29) is 18.7 Å². The van der Waals surface area contributed by atoms with E-state index >= 15 is 0 Å². The number of alkyl halides is 6. The number of halogens is 6. The van der Waals surface area contributed by atoms with Crippen molar-refractivity contribution in [3.05, 3.63) is 5.69 Å². The van der Waals surface area contributed by atoms with E-state index in [2.05, 4.69) is 14.5 Å².